The minimum absolute atomic E-state index is 0.100. The van der Waals surface area contributed by atoms with Gasteiger partial charge in [-0.25, -0.2) is 0 Å². The Kier molecular flexibility index (Phi) is 3.91. The lowest BCUT2D eigenvalue weighted by molar-refractivity contribution is -0.142. The first kappa shape index (κ1) is 13.0. The number of benzene rings is 1. The van der Waals surface area contributed by atoms with Crippen LogP contribution in [-0.2, 0) is 16.0 Å². The van der Waals surface area contributed by atoms with Gasteiger partial charge in [0.15, 0.2) is 0 Å². The molecule has 0 saturated carbocycles. The standard InChI is InChI=1S/C13H15NO3S/c1-9-6-7-10-4-2-3-5-11(10)18-14(13(9)17)8-12(15)16/h2-5,9H,6-8H2,1H3,(H,15,16)/t9-/m1/s1. The number of rotatable bonds is 2. The van der Waals surface area contributed by atoms with Gasteiger partial charge in [0.1, 0.15) is 6.54 Å². The number of amides is 1. The highest BCUT2D eigenvalue weighted by Crippen LogP contribution is 2.32. The third-order valence-corrected chi connectivity index (χ3v) is 4.10. The summed E-state index contributed by atoms with van der Waals surface area (Å²) in [6.45, 7) is 1.59. The van der Waals surface area contributed by atoms with E-state index in [0.29, 0.717) is 0 Å². The molecule has 1 aliphatic rings. The fourth-order valence-electron chi connectivity index (χ4n) is 1.94. The molecular formula is C13H15NO3S. The number of carbonyl (C=O) groups excluding carboxylic acids is 1. The maximum Gasteiger partial charge on any atom is 0.324 e. The molecule has 2 rings (SSSR count). The Morgan fingerprint density at radius 3 is 2.94 bits per heavy atom. The first-order chi connectivity index (χ1) is 8.58. The molecule has 0 bridgehead atoms. The summed E-state index contributed by atoms with van der Waals surface area (Å²) >= 11 is 1.23. The third kappa shape index (κ3) is 2.85. The van der Waals surface area contributed by atoms with Crippen molar-refractivity contribution >= 4 is 23.8 Å². The summed E-state index contributed by atoms with van der Waals surface area (Å²) in [7, 11) is 0. The average Bonchev–Trinajstić information content (AvgIpc) is 2.34. The number of aliphatic carboxylic acids is 1. The molecule has 5 heteroatoms. The number of carboxylic acids is 1. The van der Waals surface area contributed by atoms with Crippen LogP contribution in [-0.4, -0.2) is 27.8 Å². The molecule has 96 valence electrons. The lowest BCUT2D eigenvalue weighted by Gasteiger charge is -2.26. The van der Waals surface area contributed by atoms with E-state index in [1.165, 1.54) is 21.8 Å². The molecule has 0 aliphatic carbocycles. The third-order valence-electron chi connectivity index (χ3n) is 2.97. The van der Waals surface area contributed by atoms with E-state index in [1.807, 2.05) is 31.2 Å². The maximum absolute atomic E-state index is 12.1. The highest BCUT2D eigenvalue weighted by molar-refractivity contribution is 7.97. The number of nitrogens with zero attached hydrogens (tertiary/aromatic N) is 1. The largest absolute Gasteiger partial charge is 0.480 e. The molecule has 18 heavy (non-hydrogen) atoms. The van der Waals surface area contributed by atoms with Gasteiger partial charge in [-0.3, -0.25) is 13.9 Å². The first-order valence-corrected chi connectivity index (χ1v) is 6.64. The SMILES string of the molecule is C[C@@H]1CCc2ccccc2SN(CC(=O)O)C1=O. The van der Waals surface area contributed by atoms with Crippen molar-refractivity contribution < 1.29 is 14.7 Å². The van der Waals surface area contributed by atoms with Crippen molar-refractivity contribution in [2.24, 2.45) is 5.92 Å². The van der Waals surface area contributed by atoms with E-state index in [2.05, 4.69) is 0 Å². The summed E-state index contributed by atoms with van der Waals surface area (Å²) in [5.41, 5.74) is 1.18. The summed E-state index contributed by atoms with van der Waals surface area (Å²) in [6.07, 6.45) is 1.61. The van der Waals surface area contributed by atoms with Crippen molar-refractivity contribution in [2.75, 3.05) is 6.54 Å². The number of fused-ring (bicyclic) bond motifs is 1. The van der Waals surface area contributed by atoms with E-state index in [-0.39, 0.29) is 18.4 Å². The van der Waals surface area contributed by atoms with Crippen LogP contribution in [0.5, 0.6) is 0 Å². The van der Waals surface area contributed by atoms with E-state index in [1.54, 1.807) is 0 Å². The molecule has 1 aromatic rings. The number of hydrogen-bond donors (Lipinski definition) is 1. The highest BCUT2D eigenvalue weighted by atomic mass is 32.2. The van der Waals surface area contributed by atoms with Gasteiger partial charge in [0.05, 0.1) is 0 Å². The number of carbonyl (C=O) groups is 2. The monoisotopic (exact) mass is 265 g/mol. The molecule has 0 spiro atoms. The molecule has 4 nitrogen and oxygen atoms in total. The second-order valence-electron chi connectivity index (χ2n) is 4.41. The average molecular weight is 265 g/mol. The van der Waals surface area contributed by atoms with Crippen molar-refractivity contribution in [3.05, 3.63) is 29.8 Å². The summed E-state index contributed by atoms with van der Waals surface area (Å²) in [6, 6.07) is 7.83. The van der Waals surface area contributed by atoms with Crippen molar-refractivity contribution in [3.8, 4) is 0 Å². The number of aryl methyl sites for hydroxylation is 1. The fourth-order valence-corrected chi connectivity index (χ4v) is 3.05. The number of hydrogen-bond acceptors (Lipinski definition) is 3. The quantitative estimate of drug-likeness (QED) is 0.833. The maximum atomic E-state index is 12.1. The van der Waals surface area contributed by atoms with Crippen LogP contribution in [0.4, 0.5) is 0 Å². The molecule has 1 N–H and O–H groups in total. The van der Waals surface area contributed by atoms with Crippen LogP contribution in [0.2, 0.25) is 0 Å². The van der Waals surface area contributed by atoms with E-state index in [9.17, 15) is 9.59 Å². The second-order valence-corrected chi connectivity index (χ2v) is 5.47. The van der Waals surface area contributed by atoms with Gasteiger partial charge in [-0.2, -0.15) is 0 Å². The number of carboxylic acid groups (broad SMARTS) is 1. The summed E-state index contributed by atoms with van der Waals surface area (Å²) < 4.78 is 1.35. The topological polar surface area (TPSA) is 57.6 Å². The molecule has 0 fully saturated rings. The lowest BCUT2D eigenvalue weighted by atomic mass is 10.00. The zero-order valence-electron chi connectivity index (χ0n) is 10.1. The molecule has 0 unspecified atom stereocenters. The molecule has 1 amide bonds. The Labute approximate surface area is 110 Å². The second kappa shape index (κ2) is 5.44. The van der Waals surface area contributed by atoms with Gasteiger partial charge >= 0.3 is 5.97 Å². The smallest absolute Gasteiger partial charge is 0.324 e. The van der Waals surface area contributed by atoms with Crippen LogP contribution in [0.25, 0.3) is 0 Å². The molecule has 0 aromatic heterocycles. The van der Waals surface area contributed by atoms with E-state index in [4.69, 9.17) is 5.11 Å². The Morgan fingerprint density at radius 2 is 2.22 bits per heavy atom. The van der Waals surface area contributed by atoms with Crippen LogP contribution in [0.1, 0.15) is 18.9 Å². The van der Waals surface area contributed by atoms with Crippen LogP contribution in [0.15, 0.2) is 29.2 Å². The predicted molar refractivity (Wildman–Crippen MR) is 69.1 cm³/mol. The minimum atomic E-state index is -0.985. The van der Waals surface area contributed by atoms with Gasteiger partial charge in [-0.15, -0.1) is 0 Å². The van der Waals surface area contributed by atoms with Gasteiger partial charge in [-0.05, 0) is 36.4 Å². The van der Waals surface area contributed by atoms with Crippen molar-refractivity contribution in [3.63, 3.8) is 0 Å². The summed E-state index contributed by atoms with van der Waals surface area (Å²) in [5, 5.41) is 8.87. The normalized spacial score (nSPS) is 19.9. The van der Waals surface area contributed by atoms with Crippen molar-refractivity contribution in [2.45, 2.75) is 24.7 Å². The molecule has 0 saturated heterocycles. The molecule has 1 aliphatic heterocycles. The highest BCUT2D eigenvalue weighted by Gasteiger charge is 2.26. The van der Waals surface area contributed by atoms with Gasteiger partial charge in [0.2, 0.25) is 5.91 Å². The molecule has 0 radical (unpaired) electrons. The van der Waals surface area contributed by atoms with Gasteiger partial charge in [-0.1, -0.05) is 25.1 Å². The lowest BCUT2D eigenvalue weighted by Crippen LogP contribution is -2.35. The van der Waals surface area contributed by atoms with E-state index < -0.39 is 5.97 Å². The summed E-state index contributed by atoms with van der Waals surface area (Å²) in [4.78, 5) is 23.9. The van der Waals surface area contributed by atoms with Crippen LogP contribution < -0.4 is 0 Å². The van der Waals surface area contributed by atoms with Gasteiger partial charge in [0, 0.05) is 10.8 Å². The predicted octanol–water partition coefficient (Wildman–Crippen LogP) is 2.19. The molecule has 1 aromatic carbocycles. The molecular weight excluding hydrogens is 250 g/mol. The van der Waals surface area contributed by atoms with Crippen molar-refractivity contribution in [1.82, 2.24) is 4.31 Å². The Morgan fingerprint density at radius 1 is 1.50 bits per heavy atom. The zero-order valence-corrected chi connectivity index (χ0v) is 10.9. The molecule has 1 atom stereocenters. The van der Waals surface area contributed by atoms with E-state index >= 15 is 0 Å². The Hall–Kier alpha value is -1.49. The molecule has 1 heterocycles. The zero-order chi connectivity index (χ0) is 13.1. The van der Waals surface area contributed by atoms with Crippen LogP contribution in [0, 0.1) is 5.92 Å². The Balaban J connectivity index is 2.30. The van der Waals surface area contributed by atoms with E-state index in [0.717, 1.165) is 17.7 Å². The van der Waals surface area contributed by atoms with Crippen molar-refractivity contribution in [1.29, 1.82) is 0 Å². The van der Waals surface area contributed by atoms with Gasteiger partial charge < -0.3 is 5.11 Å². The van der Waals surface area contributed by atoms with Gasteiger partial charge in [0.25, 0.3) is 0 Å². The summed E-state index contributed by atoms with van der Waals surface area (Å²) in [5.74, 6) is -1.22. The fraction of sp³-hybridized carbons (Fsp3) is 0.385. The van der Waals surface area contributed by atoms with Crippen LogP contribution in [0.3, 0.4) is 0 Å². The minimum Gasteiger partial charge on any atom is -0.480 e. The van der Waals surface area contributed by atoms with Crippen LogP contribution >= 0.6 is 11.9 Å². The first-order valence-electron chi connectivity index (χ1n) is 5.87. The Bertz CT molecular complexity index is 475.